The van der Waals surface area contributed by atoms with Crippen LogP contribution < -0.4 is 0 Å². The lowest BCUT2D eigenvalue weighted by molar-refractivity contribution is 0.345. The minimum Gasteiger partial charge on any atom is -0.384 e. The molecule has 0 saturated carbocycles. The number of aliphatic hydroxyl groups excluding tert-OH is 1. The van der Waals surface area contributed by atoms with E-state index in [4.69, 9.17) is 5.11 Å². The maximum atomic E-state index is 8.66. The summed E-state index contributed by atoms with van der Waals surface area (Å²) in [6, 6.07) is 8.05. The van der Waals surface area contributed by atoms with Crippen LogP contribution in [-0.2, 0) is 6.54 Å². The molecule has 1 aromatic rings. The largest absolute Gasteiger partial charge is 0.384 e. The highest BCUT2D eigenvalue weighted by atomic mass is 16.2. The second-order valence-corrected chi connectivity index (χ2v) is 3.45. The normalized spacial score (nSPS) is 9.87. The van der Waals surface area contributed by atoms with Gasteiger partial charge in [-0.1, -0.05) is 37.0 Å². The number of nitrogens with zero attached hydrogens (tertiary/aromatic N) is 1. The van der Waals surface area contributed by atoms with Crippen molar-refractivity contribution in [3.63, 3.8) is 0 Å². The predicted octanol–water partition coefficient (Wildman–Crippen LogP) is 1.48. The van der Waals surface area contributed by atoms with Gasteiger partial charge < -0.3 is 10.0 Å². The molecule has 2 nitrogen and oxygen atoms in total. The van der Waals surface area contributed by atoms with Crippen molar-refractivity contribution < 1.29 is 5.11 Å². The lowest BCUT2D eigenvalue weighted by Gasteiger charge is -2.14. The van der Waals surface area contributed by atoms with E-state index in [9.17, 15) is 0 Å². The van der Waals surface area contributed by atoms with Crippen molar-refractivity contribution in [3.8, 4) is 11.8 Å². The molecule has 1 N–H and O–H groups in total. The van der Waals surface area contributed by atoms with Gasteiger partial charge in [0.2, 0.25) is 0 Å². The minimum atomic E-state index is -0.0854. The molecular weight excluding hydrogens is 186 g/mol. The molecule has 2 heteroatoms. The summed E-state index contributed by atoms with van der Waals surface area (Å²) in [6.45, 7) is 3.95. The molecule has 0 bridgehead atoms. The van der Waals surface area contributed by atoms with Gasteiger partial charge in [-0.05, 0) is 25.2 Å². The minimum absolute atomic E-state index is 0.0854. The summed E-state index contributed by atoms with van der Waals surface area (Å²) in [5, 5.41) is 8.66. The van der Waals surface area contributed by atoms with Gasteiger partial charge in [-0.25, -0.2) is 0 Å². The third-order valence-electron chi connectivity index (χ3n) is 2.30. The van der Waals surface area contributed by atoms with Crippen molar-refractivity contribution in [2.24, 2.45) is 0 Å². The first-order chi connectivity index (χ1) is 7.27. The molecule has 0 aliphatic rings. The monoisotopic (exact) mass is 203 g/mol. The van der Waals surface area contributed by atoms with E-state index < -0.39 is 0 Å². The van der Waals surface area contributed by atoms with Crippen molar-refractivity contribution in [3.05, 3.63) is 35.4 Å². The van der Waals surface area contributed by atoms with Crippen LogP contribution >= 0.6 is 0 Å². The smallest absolute Gasteiger partial charge is 0.104 e. The molecule has 0 aromatic heterocycles. The van der Waals surface area contributed by atoms with E-state index in [-0.39, 0.29) is 6.61 Å². The van der Waals surface area contributed by atoms with Gasteiger partial charge >= 0.3 is 0 Å². The molecule has 1 aromatic carbocycles. The number of hydrogen-bond acceptors (Lipinski definition) is 2. The van der Waals surface area contributed by atoms with E-state index in [1.54, 1.807) is 0 Å². The van der Waals surface area contributed by atoms with E-state index in [1.807, 2.05) is 18.2 Å². The fourth-order valence-corrected chi connectivity index (χ4v) is 1.32. The molecule has 0 heterocycles. The molecular formula is C13H17NO. The van der Waals surface area contributed by atoms with Gasteiger partial charge in [0.05, 0.1) is 0 Å². The zero-order valence-electron chi connectivity index (χ0n) is 9.33. The molecule has 0 amide bonds. The van der Waals surface area contributed by atoms with Crippen LogP contribution in [0.3, 0.4) is 0 Å². The standard InChI is InChI=1S/C13H17NO/c1-3-14(2)11-13-8-5-4-7-12(13)9-6-10-15/h4-5,7-8,15H,3,10-11H2,1-2H3. The molecule has 1 rings (SSSR count). The van der Waals surface area contributed by atoms with Crippen LogP contribution in [0.1, 0.15) is 18.1 Å². The molecule has 0 atom stereocenters. The molecule has 80 valence electrons. The van der Waals surface area contributed by atoms with Crippen LogP contribution in [-0.4, -0.2) is 30.2 Å². The average molecular weight is 203 g/mol. The summed E-state index contributed by atoms with van der Waals surface area (Å²) in [5.41, 5.74) is 2.22. The Bertz CT molecular complexity index is 362. The summed E-state index contributed by atoms with van der Waals surface area (Å²) >= 11 is 0. The second-order valence-electron chi connectivity index (χ2n) is 3.45. The van der Waals surface area contributed by atoms with E-state index >= 15 is 0 Å². The fraction of sp³-hybridized carbons (Fsp3) is 0.385. The molecule has 0 saturated heterocycles. The van der Waals surface area contributed by atoms with E-state index in [1.165, 1.54) is 5.56 Å². The number of rotatable bonds is 3. The van der Waals surface area contributed by atoms with Gasteiger partial charge in [0.1, 0.15) is 6.61 Å². The lowest BCUT2D eigenvalue weighted by Crippen LogP contribution is -2.17. The lowest BCUT2D eigenvalue weighted by atomic mass is 10.1. The Balaban J connectivity index is 2.86. The van der Waals surface area contributed by atoms with Gasteiger partial charge in [-0.15, -0.1) is 0 Å². The van der Waals surface area contributed by atoms with Crippen molar-refractivity contribution in [2.45, 2.75) is 13.5 Å². The Hall–Kier alpha value is -1.30. The van der Waals surface area contributed by atoms with Crippen molar-refractivity contribution in [1.82, 2.24) is 4.90 Å². The first-order valence-corrected chi connectivity index (χ1v) is 5.14. The number of aliphatic hydroxyl groups is 1. The second kappa shape index (κ2) is 6.23. The zero-order valence-corrected chi connectivity index (χ0v) is 9.33. The fourth-order valence-electron chi connectivity index (χ4n) is 1.32. The highest BCUT2D eigenvalue weighted by molar-refractivity contribution is 5.41. The van der Waals surface area contributed by atoms with Crippen LogP contribution in [0.2, 0.25) is 0 Å². The first-order valence-electron chi connectivity index (χ1n) is 5.14. The Kier molecular flexibility index (Phi) is 4.89. The zero-order chi connectivity index (χ0) is 11.1. The van der Waals surface area contributed by atoms with Gasteiger partial charge in [-0.3, -0.25) is 0 Å². The third kappa shape index (κ3) is 3.75. The van der Waals surface area contributed by atoms with Crippen molar-refractivity contribution >= 4 is 0 Å². The SMILES string of the molecule is CCN(C)Cc1ccccc1C#CCO. The molecule has 0 aliphatic carbocycles. The van der Waals surface area contributed by atoms with Gasteiger partial charge in [0.15, 0.2) is 0 Å². The van der Waals surface area contributed by atoms with Crippen molar-refractivity contribution in [1.29, 1.82) is 0 Å². The van der Waals surface area contributed by atoms with Gasteiger partial charge in [-0.2, -0.15) is 0 Å². The van der Waals surface area contributed by atoms with Gasteiger partial charge in [0.25, 0.3) is 0 Å². The average Bonchev–Trinajstić information content (AvgIpc) is 2.28. The van der Waals surface area contributed by atoms with E-state index in [0.29, 0.717) is 0 Å². The van der Waals surface area contributed by atoms with Crippen LogP contribution in [0.15, 0.2) is 24.3 Å². The van der Waals surface area contributed by atoms with Gasteiger partial charge in [0, 0.05) is 12.1 Å². The quantitative estimate of drug-likeness (QED) is 0.752. The summed E-state index contributed by atoms with van der Waals surface area (Å²) in [7, 11) is 2.08. The Morgan fingerprint density at radius 3 is 2.73 bits per heavy atom. The Labute approximate surface area is 91.5 Å². The Morgan fingerprint density at radius 2 is 2.07 bits per heavy atom. The maximum Gasteiger partial charge on any atom is 0.104 e. The maximum absolute atomic E-state index is 8.66. The van der Waals surface area contributed by atoms with Crippen LogP contribution in [0.25, 0.3) is 0 Å². The highest BCUT2D eigenvalue weighted by Crippen LogP contribution is 2.09. The molecule has 0 fully saturated rings. The summed E-state index contributed by atoms with van der Waals surface area (Å²) < 4.78 is 0. The predicted molar refractivity (Wildman–Crippen MR) is 62.4 cm³/mol. The summed E-state index contributed by atoms with van der Waals surface area (Å²) in [5.74, 6) is 5.65. The summed E-state index contributed by atoms with van der Waals surface area (Å²) in [4.78, 5) is 2.22. The van der Waals surface area contributed by atoms with Crippen LogP contribution in [0.5, 0.6) is 0 Å². The molecule has 15 heavy (non-hydrogen) atoms. The molecule has 0 radical (unpaired) electrons. The third-order valence-corrected chi connectivity index (χ3v) is 2.30. The summed E-state index contributed by atoms with van der Waals surface area (Å²) in [6.07, 6.45) is 0. The Morgan fingerprint density at radius 1 is 1.33 bits per heavy atom. The first kappa shape index (κ1) is 11.8. The molecule has 0 unspecified atom stereocenters. The van der Waals surface area contributed by atoms with E-state index in [0.717, 1.165) is 18.7 Å². The highest BCUT2D eigenvalue weighted by Gasteiger charge is 2.01. The van der Waals surface area contributed by atoms with E-state index in [2.05, 4.69) is 36.8 Å². The van der Waals surface area contributed by atoms with Crippen LogP contribution in [0, 0.1) is 11.8 Å². The van der Waals surface area contributed by atoms with Crippen LogP contribution in [0.4, 0.5) is 0 Å². The topological polar surface area (TPSA) is 23.5 Å². The number of hydrogen-bond donors (Lipinski definition) is 1. The number of benzene rings is 1. The molecule has 0 spiro atoms. The molecule has 0 aliphatic heterocycles. The van der Waals surface area contributed by atoms with Crippen molar-refractivity contribution in [2.75, 3.05) is 20.2 Å².